The smallest absolute Gasteiger partial charge is 0.417 e. The SMILES string of the molecule is COc1cnc(OC)n2nc(NS(=O)(=O)c3c(OCC(F)F)cccc3C(F)(F)F)nc12.CP(=O)(O)CCC(N)C(=O)O.N. The van der Waals surface area contributed by atoms with Crippen molar-refractivity contribution in [3.05, 3.63) is 30.0 Å². The van der Waals surface area contributed by atoms with E-state index >= 15 is 0 Å². The van der Waals surface area contributed by atoms with E-state index in [0.717, 1.165) is 16.6 Å². The van der Waals surface area contributed by atoms with Crippen molar-refractivity contribution in [2.24, 2.45) is 5.73 Å². The van der Waals surface area contributed by atoms with Gasteiger partial charge in [-0.25, -0.2) is 21.9 Å². The first kappa shape index (κ1) is 38.2. The maximum absolute atomic E-state index is 13.5. The molecule has 16 nitrogen and oxygen atoms in total. The number of sulfonamides is 1. The molecule has 0 saturated carbocycles. The van der Waals surface area contributed by atoms with Crippen LogP contribution in [0.1, 0.15) is 12.0 Å². The van der Waals surface area contributed by atoms with Gasteiger partial charge in [0.15, 0.2) is 13.1 Å². The number of nitrogens with zero attached hydrogens (tertiary/aromatic N) is 4. The number of carbonyl (C=O) groups is 1. The van der Waals surface area contributed by atoms with Gasteiger partial charge in [-0.3, -0.25) is 9.36 Å². The highest BCUT2D eigenvalue weighted by molar-refractivity contribution is 7.92. The Morgan fingerprint density at radius 3 is 2.34 bits per heavy atom. The number of fused-ring (bicyclic) bond motifs is 1. The molecule has 0 amide bonds. The number of ether oxygens (including phenoxy) is 3. The van der Waals surface area contributed by atoms with E-state index in [1.165, 1.54) is 27.1 Å². The van der Waals surface area contributed by atoms with Gasteiger partial charge in [0.25, 0.3) is 22.4 Å². The zero-order chi connectivity index (χ0) is 32.8. The molecule has 2 aromatic heterocycles. The molecule has 23 heteroatoms. The molecule has 0 aliphatic carbocycles. The van der Waals surface area contributed by atoms with E-state index in [4.69, 9.17) is 25.2 Å². The van der Waals surface area contributed by atoms with Gasteiger partial charge < -0.3 is 36.1 Å². The van der Waals surface area contributed by atoms with Crippen LogP contribution in [0.4, 0.5) is 27.9 Å². The molecular formula is C21H29F5N7O9PS. The van der Waals surface area contributed by atoms with E-state index in [2.05, 4.69) is 19.8 Å². The number of aliphatic carboxylic acids is 1. The first-order valence-electron chi connectivity index (χ1n) is 11.6. The van der Waals surface area contributed by atoms with Crippen molar-refractivity contribution in [2.45, 2.75) is 30.0 Å². The Labute approximate surface area is 246 Å². The number of rotatable bonds is 12. The molecule has 0 bridgehead atoms. The maximum Gasteiger partial charge on any atom is 0.417 e. The van der Waals surface area contributed by atoms with E-state index < -0.39 is 70.8 Å². The van der Waals surface area contributed by atoms with Gasteiger partial charge in [0.05, 0.1) is 26.0 Å². The third-order valence-electron chi connectivity index (χ3n) is 5.02. The second-order valence-electron chi connectivity index (χ2n) is 8.43. The van der Waals surface area contributed by atoms with Crippen molar-refractivity contribution in [3.8, 4) is 17.5 Å². The highest BCUT2D eigenvalue weighted by Crippen LogP contribution is 2.39. The largest absolute Gasteiger partial charge is 0.491 e. The van der Waals surface area contributed by atoms with E-state index in [-0.39, 0.29) is 36.1 Å². The number of alkyl halides is 5. The zero-order valence-electron chi connectivity index (χ0n) is 23.2. The van der Waals surface area contributed by atoms with Gasteiger partial charge in [0.1, 0.15) is 23.3 Å². The quantitative estimate of drug-likeness (QED) is 0.136. The van der Waals surface area contributed by atoms with Gasteiger partial charge >= 0.3 is 18.2 Å². The monoisotopic (exact) mass is 681 g/mol. The van der Waals surface area contributed by atoms with Crippen LogP contribution in [0.2, 0.25) is 0 Å². The number of anilines is 1. The Morgan fingerprint density at radius 2 is 1.84 bits per heavy atom. The molecule has 0 spiro atoms. The molecule has 0 saturated heterocycles. The lowest BCUT2D eigenvalue weighted by molar-refractivity contribution is -0.140. The second kappa shape index (κ2) is 15.2. The maximum atomic E-state index is 13.5. The third-order valence-corrected chi connectivity index (χ3v) is 7.52. The molecule has 3 rings (SSSR count). The van der Waals surface area contributed by atoms with Crippen molar-refractivity contribution in [2.75, 3.05) is 38.4 Å². The summed E-state index contributed by atoms with van der Waals surface area (Å²) in [6.45, 7) is -0.141. The number of benzene rings is 1. The number of aromatic nitrogens is 4. The second-order valence-corrected chi connectivity index (χ2v) is 12.6. The van der Waals surface area contributed by atoms with Gasteiger partial charge in [0.2, 0.25) is 5.65 Å². The van der Waals surface area contributed by atoms with Crippen LogP contribution >= 0.6 is 7.37 Å². The fraction of sp³-hybridized carbons (Fsp3) is 0.429. The lowest BCUT2D eigenvalue weighted by Crippen LogP contribution is -2.30. The molecule has 2 atom stereocenters. The van der Waals surface area contributed by atoms with Crippen molar-refractivity contribution in [1.29, 1.82) is 0 Å². The lowest BCUT2D eigenvalue weighted by Gasteiger charge is -2.17. The Balaban J connectivity index is 0.000000690. The summed E-state index contributed by atoms with van der Waals surface area (Å²) in [6, 6.07) is 0.953. The molecule has 248 valence electrons. The topological polar surface area (TPSA) is 253 Å². The lowest BCUT2D eigenvalue weighted by atomic mass is 10.2. The van der Waals surface area contributed by atoms with Gasteiger partial charge in [-0.05, 0) is 18.6 Å². The highest BCUT2D eigenvalue weighted by Gasteiger charge is 2.40. The summed E-state index contributed by atoms with van der Waals surface area (Å²) in [7, 11) is -5.66. The summed E-state index contributed by atoms with van der Waals surface area (Å²) in [5, 5.41) is 12.1. The molecule has 2 heterocycles. The number of carboxylic acids is 1. The van der Waals surface area contributed by atoms with Crippen LogP contribution in [0.3, 0.4) is 0 Å². The van der Waals surface area contributed by atoms with Crippen LogP contribution in [0.15, 0.2) is 29.3 Å². The van der Waals surface area contributed by atoms with Crippen LogP contribution in [0, 0.1) is 0 Å². The van der Waals surface area contributed by atoms with Crippen molar-refractivity contribution in [3.63, 3.8) is 0 Å². The molecule has 0 aliphatic heterocycles. The van der Waals surface area contributed by atoms with Gasteiger partial charge in [-0.1, -0.05) is 6.07 Å². The summed E-state index contributed by atoms with van der Waals surface area (Å²) in [5.41, 5.74) is 3.40. The van der Waals surface area contributed by atoms with Crippen LogP contribution in [-0.2, 0) is 25.6 Å². The summed E-state index contributed by atoms with van der Waals surface area (Å²) < 4.78 is 119. The Kier molecular flexibility index (Phi) is 13.2. The van der Waals surface area contributed by atoms with Gasteiger partial charge in [-0.2, -0.15) is 27.7 Å². The summed E-state index contributed by atoms with van der Waals surface area (Å²) in [6.07, 6.45) is -6.99. The van der Waals surface area contributed by atoms with Gasteiger partial charge in [0, 0.05) is 12.8 Å². The molecule has 2 unspecified atom stereocenters. The molecule has 3 aromatic rings. The number of halogens is 5. The van der Waals surface area contributed by atoms with E-state index in [1.807, 2.05) is 0 Å². The third kappa shape index (κ3) is 10.4. The van der Waals surface area contributed by atoms with Gasteiger partial charge in [-0.15, -0.1) is 5.10 Å². The number of nitrogens with two attached hydrogens (primary N) is 1. The molecule has 0 radical (unpaired) electrons. The van der Waals surface area contributed by atoms with Crippen molar-refractivity contribution in [1.82, 2.24) is 25.7 Å². The predicted molar refractivity (Wildman–Crippen MR) is 144 cm³/mol. The summed E-state index contributed by atoms with van der Waals surface area (Å²) in [4.78, 5) is 25.2. The average Bonchev–Trinajstić information content (AvgIpc) is 3.31. The zero-order valence-corrected chi connectivity index (χ0v) is 24.9. The van der Waals surface area contributed by atoms with E-state index in [9.17, 15) is 39.7 Å². The van der Waals surface area contributed by atoms with E-state index in [0.29, 0.717) is 6.07 Å². The first-order chi connectivity index (χ1) is 19.8. The number of carboxylic acid groups (broad SMARTS) is 1. The fourth-order valence-corrected chi connectivity index (χ4v) is 5.16. The molecule has 44 heavy (non-hydrogen) atoms. The Morgan fingerprint density at radius 1 is 1.20 bits per heavy atom. The molecule has 8 N–H and O–H groups in total. The van der Waals surface area contributed by atoms with Crippen LogP contribution < -0.4 is 30.8 Å². The minimum absolute atomic E-state index is 0. The molecular weight excluding hydrogens is 652 g/mol. The standard InChI is InChI=1S/C16H14F5N5O5S.C5H12NO4P.H3N/c1-29-10-6-22-15(30-2)26-13(10)23-14(24-26)25-32(27,28)12-8(16(19,20)21)4-3-5-9(12)31-7-11(17)18;1-11(9,10)3-2-4(6)5(7)8;/h3-6,11H,7H2,1-2H3,(H,24,25);4H,2-3,6H2,1H3,(H,7,8)(H,9,10);1H3. The van der Waals surface area contributed by atoms with Crippen molar-refractivity contribution >= 4 is 35.0 Å². The summed E-state index contributed by atoms with van der Waals surface area (Å²) in [5.74, 6) is -2.67. The molecule has 0 fully saturated rings. The van der Waals surface area contributed by atoms with Crippen molar-refractivity contribution < 1.29 is 63.9 Å². The number of methoxy groups -OCH3 is 2. The Hall–Kier alpha value is -3.85. The number of hydrogen-bond acceptors (Lipinski definition) is 12. The number of nitrogens with one attached hydrogen (secondary N) is 1. The minimum atomic E-state index is -5.14. The molecule has 0 aliphatic rings. The Bertz CT molecular complexity index is 1550. The fourth-order valence-electron chi connectivity index (χ4n) is 3.11. The van der Waals surface area contributed by atoms with Crippen LogP contribution in [-0.4, -0.2) is 90.1 Å². The molecule has 1 aromatic carbocycles. The predicted octanol–water partition coefficient (Wildman–Crippen LogP) is 2.46. The average molecular weight is 682 g/mol. The van der Waals surface area contributed by atoms with E-state index in [1.54, 1.807) is 4.72 Å². The van der Waals surface area contributed by atoms with Crippen LogP contribution in [0.25, 0.3) is 5.65 Å². The summed E-state index contributed by atoms with van der Waals surface area (Å²) >= 11 is 0. The highest BCUT2D eigenvalue weighted by atomic mass is 32.2. The number of hydrogen-bond donors (Lipinski definition) is 5. The first-order valence-corrected chi connectivity index (χ1v) is 15.3. The normalized spacial score (nSPS) is 13.6. The minimum Gasteiger partial charge on any atom is -0.491 e. The van der Waals surface area contributed by atoms with Crippen LogP contribution in [0.5, 0.6) is 17.5 Å².